The lowest BCUT2D eigenvalue weighted by atomic mass is 9.89. The summed E-state index contributed by atoms with van der Waals surface area (Å²) < 4.78 is 11.2. The first kappa shape index (κ1) is 13.8. The summed E-state index contributed by atoms with van der Waals surface area (Å²) in [5.74, 6) is 1.46. The monoisotopic (exact) mass is 280 g/mol. The van der Waals surface area contributed by atoms with Crippen molar-refractivity contribution < 1.29 is 9.26 Å². The minimum absolute atomic E-state index is 0.311. The Kier molecular flexibility index (Phi) is 3.94. The maximum Gasteiger partial charge on any atom is 0.266 e. The fourth-order valence-corrected chi connectivity index (χ4v) is 2.89. The first-order valence-electron chi connectivity index (χ1n) is 7.52. The molecule has 1 N–H and O–H groups in total. The van der Waals surface area contributed by atoms with Crippen LogP contribution < -0.4 is 10.2 Å². The van der Waals surface area contributed by atoms with Crippen molar-refractivity contribution >= 4 is 5.95 Å². The summed E-state index contributed by atoms with van der Waals surface area (Å²) in [6.45, 7) is 9.21. The number of aromatic nitrogens is 2. The third-order valence-electron chi connectivity index (χ3n) is 4.03. The molecule has 1 atom stereocenters. The van der Waals surface area contributed by atoms with Crippen LogP contribution in [0, 0.1) is 5.41 Å². The van der Waals surface area contributed by atoms with Gasteiger partial charge in [0, 0.05) is 32.6 Å². The fourth-order valence-electron chi connectivity index (χ4n) is 2.89. The summed E-state index contributed by atoms with van der Waals surface area (Å²) in [4.78, 5) is 6.66. The zero-order valence-corrected chi connectivity index (χ0v) is 12.4. The van der Waals surface area contributed by atoms with E-state index in [1.54, 1.807) is 0 Å². The standard InChI is InChI=1S/C14H24N4O2/c1-14(2)9-11(19-10-14)3-4-12-16-13(17-20-12)18-7-5-15-6-8-18/h11,15H,3-10H2,1-2H3. The highest BCUT2D eigenvalue weighted by molar-refractivity contribution is 5.28. The Balaban J connectivity index is 1.50. The highest BCUT2D eigenvalue weighted by Gasteiger charge is 2.31. The summed E-state index contributed by atoms with van der Waals surface area (Å²) >= 11 is 0. The minimum atomic E-state index is 0.311. The van der Waals surface area contributed by atoms with Crippen LogP contribution in [0.1, 0.15) is 32.6 Å². The SMILES string of the molecule is CC1(C)COC(CCc2nc(N3CCNCC3)no2)C1. The average Bonchev–Trinajstić information content (AvgIpc) is 3.04. The molecule has 0 aromatic carbocycles. The van der Waals surface area contributed by atoms with Gasteiger partial charge in [-0.05, 0) is 23.4 Å². The lowest BCUT2D eigenvalue weighted by Crippen LogP contribution is -2.44. The van der Waals surface area contributed by atoms with Crippen LogP contribution in [0.4, 0.5) is 5.95 Å². The van der Waals surface area contributed by atoms with Crippen molar-refractivity contribution in [3.05, 3.63) is 5.89 Å². The van der Waals surface area contributed by atoms with Crippen LogP contribution in [-0.4, -0.2) is 49.0 Å². The summed E-state index contributed by atoms with van der Waals surface area (Å²) in [5.41, 5.74) is 0.311. The molecule has 3 rings (SSSR count). The molecule has 1 aromatic heterocycles. The third-order valence-corrected chi connectivity index (χ3v) is 4.03. The molecule has 2 fully saturated rings. The lowest BCUT2D eigenvalue weighted by molar-refractivity contribution is 0.0924. The van der Waals surface area contributed by atoms with Gasteiger partial charge in [-0.25, -0.2) is 0 Å². The molecule has 6 heteroatoms. The summed E-state index contributed by atoms with van der Waals surface area (Å²) in [5, 5.41) is 7.40. The lowest BCUT2D eigenvalue weighted by Gasteiger charge is -2.25. The Morgan fingerprint density at radius 2 is 2.15 bits per heavy atom. The van der Waals surface area contributed by atoms with Gasteiger partial charge in [-0.15, -0.1) is 0 Å². The molecule has 1 aromatic rings. The zero-order valence-electron chi connectivity index (χ0n) is 12.4. The predicted molar refractivity (Wildman–Crippen MR) is 75.8 cm³/mol. The largest absolute Gasteiger partial charge is 0.378 e. The molecule has 0 amide bonds. The topological polar surface area (TPSA) is 63.4 Å². The van der Waals surface area contributed by atoms with E-state index in [2.05, 4.69) is 34.2 Å². The van der Waals surface area contributed by atoms with Gasteiger partial charge in [-0.2, -0.15) is 4.98 Å². The number of aryl methyl sites for hydroxylation is 1. The molecule has 0 aliphatic carbocycles. The van der Waals surface area contributed by atoms with E-state index in [1.165, 1.54) is 0 Å². The number of hydrogen-bond donors (Lipinski definition) is 1. The molecule has 2 aliphatic heterocycles. The molecule has 0 radical (unpaired) electrons. The highest BCUT2D eigenvalue weighted by atomic mass is 16.5. The van der Waals surface area contributed by atoms with Gasteiger partial charge in [0.15, 0.2) is 0 Å². The molecular formula is C14H24N4O2. The molecule has 20 heavy (non-hydrogen) atoms. The summed E-state index contributed by atoms with van der Waals surface area (Å²) in [7, 11) is 0. The molecule has 3 heterocycles. The van der Waals surface area contributed by atoms with E-state index in [0.717, 1.165) is 63.9 Å². The van der Waals surface area contributed by atoms with Gasteiger partial charge in [-0.1, -0.05) is 13.8 Å². The molecule has 1 unspecified atom stereocenters. The van der Waals surface area contributed by atoms with E-state index in [9.17, 15) is 0 Å². The summed E-state index contributed by atoms with van der Waals surface area (Å²) in [6.07, 6.45) is 3.22. The zero-order chi connectivity index (χ0) is 14.0. The quantitative estimate of drug-likeness (QED) is 0.895. The number of nitrogens with one attached hydrogen (secondary N) is 1. The van der Waals surface area contributed by atoms with Crippen molar-refractivity contribution in [2.24, 2.45) is 5.41 Å². The first-order valence-corrected chi connectivity index (χ1v) is 7.52. The third kappa shape index (κ3) is 3.30. The second-order valence-electron chi connectivity index (χ2n) is 6.57. The van der Waals surface area contributed by atoms with Crippen LogP contribution in [0.25, 0.3) is 0 Å². The molecule has 6 nitrogen and oxygen atoms in total. The number of piperazine rings is 1. The molecule has 0 bridgehead atoms. The van der Waals surface area contributed by atoms with Crippen molar-refractivity contribution in [3.63, 3.8) is 0 Å². The molecule has 0 spiro atoms. The Morgan fingerprint density at radius 3 is 2.85 bits per heavy atom. The maximum atomic E-state index is 5.80. The van der Waals surface area contributed by atoms with E-state index in [1.807, 2.05) is 0 Å². The molecule has 2 aliphatic rings. The van der Waals surface area contributed by atoms with Gasteiger partial charge < -0.3 is 19.5 Å². The summed E-state index contributed by atoms with van der Waals surface area (Å²) in [6, 6.07) is 0. The van der Waals surface area contributed by atoms with Gasteiger partial charge >= 0.3 is 0 Å². The van der Waals surface area contributed by atoms with Crippen molar-refractivity contribution in [3.8, 4) is 0 Å². The minimum Gasteiger partial charge on any atom is -0.378 e. The number of rotatable bonds is 4. The number of nitrogens with zero attached hydrogens (tertiary/aromatic N) is 3. The second kappa shape index (κ2) is 5.69. The highest BCUT2D eigenvalue weighted by Crippen LogP contribution is 2.33. The van der Waals surface area contributed by atoms with Crippen LogP contribution in [0.2, 0.25) is 0 Å². The first-order chi connectivity index (χ1) is 9.62. The molecular weight excluding hydrogens is 256 g/mol. The van der Waals surface area contributed by atoms with Crippen LogP contribution in [-0.2, 0) is 11.2 Å². The van der Waals surface area contributed by atoms with Gasteiger partial charge in [0.05, 0.1) is 12.7 Å². The Hall–Kier alpha value is -1.14. The van der Waals surface area contributed by atoms with E-state index in [4.69, 9.17) is 9.26 Å². The van der Waals surface area contributed by atoms with Crippen LogP contribution in [0.3, 0.4) is 0 Å². The van der Waals surface area contributed by atoms with E-state index >= 15 is 0 Å². The van der Waals surface area contributed by atoms with Crippen molar-refractivity contribution in [2.75, 3.05) is 37.7 Å². The van der Waals surface area contributed by atoms with Crippen LogP contribution >= 0.6 is 0 Å². The van der Waals surface area contributed by atoms with E-state index in [0.29, 0.717) is 11.5 Å². The van der Waals surface area contributed by atoms with Gasteiger partial charge in [-0.3, -0.25) is 0 Å². The Labute approximate surface area is 119 Å². The van der Waals surface area contributed by atoms with E-state index < -0.39 is 0 Å². The van der Waals surface area contributed by atoms with Crippen LogP contribution in [0.15, 0.2) is 4.52 Å². The number of ether oxygens (including phenoxy) is 1. The second-order valence-corrected chi connectivity index (χ2v) is 6.57. The predicted octanol–water partition coefficient (Wildman–Crippen LogP) is 1.23. The van der Waals surface area contributed by atoms with Crippen molar-refractivity contribution in [2.45, 2.75) is 39.2 Å². The molecule has 0 saturated carbocycles. The van der Waals surface area contributed by atoms with Crippen LogP contribution in [0.5, 0.6) is 0 Å². The Bertz CT molecular complexity index is 440. The maximum absolute atomic E-state index is 5.80. The number of anilines is 1. The van der Waals surface area contributed by atoms with Gasteiger partial charge in [0.2, 0.25) is 5.89 Å². The van der Waals surface area contributed by atoms with Gasteiger partial charge in [0.25, 0.3) is 5.95 Å². The molecule has 112 valence electrons. The smallest absolute Gasteiger partial charge is 0.266 e. The molecule has 2 saturated heterocycles. The number of hydrogen-bond acceptors (Lipinski definition) is 6. The van der Waals surface area contributed by atoms with Gasteiger partial charge in [0.1, 0.15) is 0 Å². The normalized spacial score (nSPS) is 26.1. The van der Waals surface area contributed by atoms with Crippen molar-refractivity contribution in [1.29, 1.82) is 0 Å². The van der Waals surface area contributed by atoms with Crippen molar-refractivity contribution in [1.82, 2.24) is 15.5 Å². The Morgan fingerprint density at radius 1 is 1.35 bits per heavy atom. The fraction of sp³-hybridized carbons (Fsp3) is 0.857. The van der Waals surface area contributed by atoms with E-state index in [-0.39, 0.29) is 0 Å². The average molecular weight is 280 g/mol.